The Labute approximate surface area is 91.1 Å². The molecule has 3 nitrogen and oxygen atoms in total. The van der Waals surface area contributed by atoms with E-state index in [1.165, 1.54) is 12.8 Å². The summed E-state index contributed by atoms with van der Waals surface area (Å²) < 4.78 is 17.2. The first kappa shape index (κ1) is 10.1. The molecule has 3 atom stereocenters. The number of fused-ring (bicyclic) bond motifs is 1. The van der Waals surface area contributed by atoms with Crippen LogP contribution in [-0.4, -0.2) is 31.2 Å². The fraction of sp³-hybridized carbons (Fsp3) is 1.00. The average Bonchev–Trinajstić information content (AvgIpc) is 2.61. The Bertz CT molecular complexity index is 265. The van der Waals surface area contributed by atoms with Gasteiger partial charge in [0.2, 0.25) is 0 Å². The third kappa shape index (κ3) is 1.37. The van der Waals surface area contributed by atoms with Crippen molar-refractivity contribution < 1.29 is 14.2 Å². The summed E-state index contributed by atoms with van der Waals surface area (Å²) in [6.07, 6.45) is 2.80. The van der Waals surface area contributed by atoms with E-state index in [1.54, 1.807) is 0 Å². The van der Waals surface area contributed by atoms with Gasteiger partial charge in [0.15, 0.2) is 6.29 Å². The minimum Gasteiger partial charge on any atom is -0.366 e. The van der Waals surface area contributed by atoms with Gasteiger partial charge in [0.05, 0.1) is 19.3 Å². The van der Waals surface area contributed by atoms with Crippen molar-refractivity contribution in [2.24, 2.45) is 11.3 Å². The highest BCUT2D eigenvalue weighted by Crippen LogP contribution is 2.59. The van der Waals surface area contributed by atoms with Gasteiger partial charge >= 0.3 is 0 Å². The van der Waals surface area contributed by atoms with E-state index >= 15 is 0 Å². The maximum atomic E-state index is 5.87. The first-order valence-electron chi connectivity index (χ1n) is 5.95. The maximum absolute atomic E-state index is 5.87. The molecule has 3 heteroatoms. The van der Waals surface area contributed by atoms with E-state index < -0.39 is 0 Å². The normalized spacial score (nSPS) is 49.0. The number of rotatable bonds is 1. The van der Waals surface area contributed by atoms with Crippen molar-refractivity contribution in [1.82, 2.24) is 0 Å². The molecule has 0 aromatic carbocycles. The first-order chi connectivity index (χ1) is 7.04. The van der Waals surface area contributed by atoms with Crippen LogP contribution >= 0.6 is 0 Å². The van der Waals surface area contributed by atoms with Gasteiger partial charge in [0.25, 0.3) is 0 Å². The van der Waals surface area contributed by atoms with Crippen molar-refractivity contribution in [3.63, 3.8) is 0 Å². The Hall–Kier alpha value is -0.120. The van der Waals surface area contributed by atoms with Crippen LogP contribution in [0, 0.1) is 11.3 Å². The Morgan fingerprint density at radius 1 is 1.07 bits per heavy atom. The second-order valence-electron chi connectivity index (χ2n) is 5.91. The quantitative estimate of drug-likeness (QED) is 0.622. The van der Waals surface area contributed by atoms with E-state index in [-0.39, 0.29) is 17.3 Å². The highest BCUT2D eigenvalue weighted by Gasteiger charge is 2.67. The van der Waals surface area contributed by atoms with Crippen molar-refractivity contribution in [2.75, 3.05) is 13.2 Å². The van der Waals surface area contributed by atoms with E-state index in [0.717, 1.165) is 13.2 Å². The predicted molar refractivity (Wildman–Crippen MR) is 55.5 cm³/mol. The standard InChI is InChI=1S/C12H20O3/c1-11(2)5-4-8-12(3,15-8)9(11)10-13-6-7-14-10/h8-10H,4-7H2,1-3H3/t8-,9-,12-/m1/s1. The first-order valence-corrected chi connectivity index (χ1v) is 5.95. The largest absolute Gasteiger partial charge is 0.366 e. The van der Waals surface area contributed by atoms with E-state index in [0.29, 0.717) is 12.0 Å². The number of ether oxygens (including phenoxy) is 3. The molecular weight excluding hydrogens is 192 g/mol. The Balaban J connectivity index is 1.87. The van der Waals surface area contributed by atoms with Gasteiger partial charge in [-0.2, -0.15) is 0 Å². The molecule has 0 bridgehead atoms. The Morgan fingerprint density at radius 3 is 2.40 bits per heavy atom. The van der Waals surface area contributed by atoms with Crippen molar-refractivity contribution in [1.29, 1.82) is 0 Å². The van der Waals surface area contributed by atoms with E-state index in [4.69, 9.17) is 14.2 Å². The average molecular weight is 212 g/mol. The number of hydrogen-bond donors (Lipinski definition) is 0. The summed E-state index contributed by atoms with van der Waals surface area (Å²) in [6.45, 7) is 8.31. The smallest absolute Gasteiger partial charge is 0.163 e. The van der Waals surface area contributed by atoms with E-state index in [9.17, 15) is 0 Å². The molecule has 15 heavy (non-hydrogen) atoms. The van der Waals surface area contributed by atoms with Crippen LogP contribution in [0.3, 0.4) is 0 Å². The zero-order valence-corrected chi connectivity index (χ0v) is 9.79. The van der Waals surface area contributed by atoms with Crippen LogP contribution in [0.4, 0.5) is 0 Å². The summed E-state index contributed by atoms with van der Waals surface area (Å²) in [6, 6.07) is 0. The molecule has 1 aliphatic carbocycles. The van der Waals surface area contributed by atoms with Crippen LogP contribution in [0.5, 0.6) is 0 Å². The third-order valence-electron chi connectivity index (χ3n) is 4.41. The lowest BCUT2D eigenvalue weighted by Gasteiger charge is -2.42. The lowest BCUT2D eigenvalue weighted by molar-refractivity contribution is -0.142. The Kier molecular flexibility index (Phi) is 1.99. The van der Waals surface area contributed by atoms with Crippen LogP contribution in [0.15, 0.2) is 0 Å². The predicted octanol–water partition coefficient (Wildman–Crippen LogP) is 1.95. The fourth-order valence-corrected chi connectivity index (χ4v) is 3.53. The summed E-state index contributed by atoms with van der Waals surface area (Å²) in [7, 11) is 0. The summed E-state index contributed by atoms with van der Waals surface area (Å²) in [5, 5.41) is 0. The zero-order chi connectivity index (χ0) is 10.7. The summed E-state index contributed by atoms with van der Waals surface area (Å²) >= 11 is 0. The monoisotopic (exact) mass is 212 g/mol. The second kappa shape index (κ2) is 2.96. The third-order valence-corrected chi connectivity index (χ3v) is 4.41. The zero-order valence-electron chi connectivity index (χ0n) is 9.79. The molecule has 2 saturated heterocycles. The summed E-state index contributed by atoms with van der Waals surface area (Å²) in [5.41, 5.74) is 0.271. The van der Waals surface area contributed by atoms with Gasteiger partial charge in [-0.05, 0) is 25.2 Å². The molecule has 2 aliphatic heterocycles. The molecule has 0 spiro atoms. The van der Waals surface area contributed by atoms with Crippen LogP contribution in [0.2, 0.25) is 0 Å². The summed E-state index contributed by atoms with van der Waals surface area (Å²) in [5.74, 6) is 0.381. The maximum Gasteiger partial charge on any atom is 0.163 e. The summed E-state index contributed by atoms with van der Waals surface area (Å²) in [4.78, 5) is 0. The van der Waals surface area contributed by atoms with Gasteiger partial charge in [0.1, 0.15) is 5.60 Å². The highest BCUT2D eigenvalue weighted by atomic mass is 16.7. The molecule has 1 saturated carbocycles. The topological polar surface area (TPSA) is 31.0 Å². The van der Waals surface area contributed by atoms with Crippen LogP contribution < -0.4 is 0 Å². The molecule has 2 heterocycles. The van der Waals surface area contributed by atoms with Crippen molar-refractivity contribution >= 4 is 0 Å². The molecule has 0 N–H and O–H groups in total. The lowest BCUT2D eigenvalue weighted by Crippen LogP contribution is -2.47. The molecule has 0 aromatic heterocycles. The molecule has 86 valence electrons. The van der Waals surface area contributed by atoms with Crippen molar-refractivity contribution in [3.8, 4) is 0 Å². The second-order valence-corrected chi connectivity index (χ2v) is 5.91. The molecular formula is C12H20O3. The lowest BCUT2D eigenvalue weighted by atomic mass is 9.63. The highest BCUT2D eigenvalue weighted by molar-refractivity contribution is 5.12. The van der Waals surface area contributed by atoms with Crippen LogP contribution in [-0.2, 0) is 14.2 Å². The SMILES string of the molecule is CC1(C)CC[C@H]2O[C@@]2(C)[C@@H]1C1OCCO1. The molecule has 3 aliphatic rings. The van der Waals surface area contributed by atoms with Gasteiger partial charge in [-0.25, -0.2) is 0 Å². The van der Waals surface area contributed by atoms with Gasteiger partial charge in [-0.1, -0.05) is 13.8 Å². The molecule has 0 amide bonds. The van der Waals surface area contributed by atoms with Crippen molar-refractivity contribution in [3.05, 3.63) is 0 Å². The van der Waals surface area contributed by atoms with E-state index in [1.807, 2.05) is 0 Å². The van der Waals surface area contributed by atoms with Gasteiger partial charge < -0.3 is 14.2 Å². The molecule has 3 fully saturated rings. The van der Waals surface area contributed by atoms with Crippen LogP contribution in [0.25, 0.3) is 0 Å². The van der Waals surface area contributed by atoms with Crippen molar-refractivity contribution in [2.45, 2.75) is 51.6 Å². The molecule has 0 radical (unpaired) electrons. The Morgan fingerprint density at radius 2 is 1.73 bits per heavy atom. The fourth-order valence-electron chi connectivity index (χ4n) is 3.53. The minimum absolute atomic E-state index is 0.0107. The van der Waals surface area contributed by atoms with E-state index in [2.05, 4.69) is 20.8 Å². The van der Waals surface area contributed by atoms with Gasteiger partial charge in [-0.15, -0.1) is 0 Å². The van der Waals surface area contributed by atoms with Gasteiger partial charge in [-0.3, -0.25) is 0 Å². The molecule has 0 unspecified atom stereocenters. The molecule has 0 aromatic rings. The number of epoxide rings is 1. The van der Waals surface area contributed by atoms with Crippen LogP contribution in [0.1, 0.15) is 33.6 Å². The minimum atomic E-state index is -0.0460. The molecule has 3 rings (SSSR count). The number of hydrogen-bond acceptors (Lipinski definition) is 3. The van der Waals surface area contributed by atoms with Gasteiger partial charge in [0, 0.05) is 5.92 Å².